The van der Waals surface area contributed by atoms with Crippen LogP contribution in [0.5, 0.6) is 0 Å². The fourth-order valence-electron chi connectivity index (χ4n) is 3.40. The third-order valence-corrected chi connectivity index (χ3v) is 22.0. The van der Waals surface area contributed by atoms with Gasteiger partial charge in [-0.1, -0.05) is 0 Å². The molecule has 0 aliphatic carbocycles. The number of aliphatic hydroxyl groups is 1. The molecule has 0 spiro atoms. The molecule has 1 N–H and O–H groups in total. The molecule has 0 bridgehead atoms. The summed E-state index contributed by atoms with van der Waals surface area (Å²) in [5.74, 6) is 0. The van der Waals surface area contributed by atoms with E-state index in [1.807, 2.05) is 0 Å². The molecule has 0 aliphatic heterocycles. The Labute approximate surface area is 138 Å². The van der Waals surface area contributed by atoms with Gasteiger partial charge in [0.25, 0.3) is 0 Å². The summed E-state index contributed by atoms with van der Waals surface area (Å²) < 4.78 is 5.04. The van der Waals surface area contributed by atoms with Gasteiger partial charge in [0.15, 0.2) is 0 Å². The molecule has 0 fully saturated rings. The molecule has 0 amide bonds. The predicted octanol–water partition coefficient (Wildman–Crippen LogP) is 6.55. The van der Waals surface area contributed by atoms with Crippen LogP contribution < -0.4 is 0 Å². The van der Waals surface area contributed by atoms with Crippen LogP contribution in [-0.2, 0) is 0 Å². The number of rotatable bonds is 14. The van der Waals surface area contributed by atoms with Crippen molar-refractivity contribution in [2.45, 2.75) is 96.3 Å². The third kappa shape index (κ3) is 8.64. The number of unbranched alkanes of at least 4 members (excludes halogenated alkanes) is 4. The van der Waals surface area contributed by atoms with Crippen LogP contribution in [0.15, 0.2) is 12.2 Å². The van der Waals surface area contributed by atoms with Crippen molar-refractivity contribution >= 4 is 18.4 Å². The monoisotopic (exact) mass is 404 g/mol. The molecule has 0 radical (unpaired) electrons. The van der Waals surface area contributed by atoms with Gasteiger partial charge < -0.3 is 0 Å². The quantitative estimate of drug-likeness (QED) is 0.257. The van der Waals surface area contributed by atoms with Crippen molar-refractivity contribution in [3.8, 4) is 0 Å². The Kier molecular flexibility index (Phi) is 14.4. The van der Waals surface area contributed by atoms with E-state index in [9.17, 15) is 5.11 Å². The molecule has 0 heterocycles. The molecule has 126 valence electrons. The van der Waals surface area contributed by atoms with Crippen molar-refractivity contribution in [3.05, 3.63) is 12.2 Å². The van der Waals surface area contributed by atoms with Crippen molar-refractivity contribution in [1.29, 1.82) is 0 Å². The van der Waals surface area contributed by atoms with E-state index >= 15 is 0 Å². The first-order chi connectivity index (χ1) is 10.2. The van der Waals surface area contributed by atoms with Gasteiger partial charge in [-0.2, -0.15) is 0 Å². The molecule has 0 rings (SSSR count). The number of aliphatic hydroxyl groups excluding tert-OH is 1. The summed E-state index contributed by atoms with van der Waals surface area (Å²) in [7, 11) is 0. The van der Waals surface area contributed by atoms with Crippen LogP contribution in [0.1, 0.15) is 79.1 Å². The minimum atomic E-state index is -2.25. The number of allylic oxidation sites excluding steroid dienone is 1. The van der Waals surface area contributed by atoms with Crippen LogP contribution in [-0.4, -0.2) is 30.1 Å². The van der Waals surface area contributed by atoms with Crippen molar-refractivity contribution in [1.82, 2.24) is 0 Å². The Bertz CT molecular complexity index is 228. The van der Waals surface area contributed by atoms with Crippen molar-refractivity contribution in [2.75, 3.05) is 6.61 Å². The van der Waals surface area contributed by atoms with Crippen LogP contribution in [0.4, 0.5) is 0 Å². The minimum absolute atomic E-state index is 0.410. The van der Waals surface area contributed by atoms with E-state index in [1.165, 1.54) is 64.7 Å². The fourth-order valence-corrected chi connectivity index (χ4v) is 20.4. The molecule has 1 nitrogen and oxygen atoms in total. The molecule has 0 saturated carbocycles. The van der Waals surface area contributed by atoms with Crippen LogP contribution in [0.25, 0.3) is 0 Å². The first-order valence-corrected chi connectivity index (χ1v) is 17.2. The summed E-state index contributed by atoms with van der Waals surface area (Å²) >= 11 is -2.25. The fraction of sp³-hybridized carbons (Fsp3) is 0.895. The molecule has 0 aromatic rings. The zero-order chi connectivity index (χ0) is 16.0. The Morgan fingerprint density at radius 1 is 0.810 bits per heavy atom. The summed E-state index contributed by atoms with van der Waals surface area (Å²) in [6.45, 7) is 9.60. The maximum atomic E-state index is 10.1. The molecule has 0 aromatic heterocycles. The molecular formula is C19H40OSn. The van der Waals surface area contributed by atoms with Gasteiger partial charge in [0.05, 0.1) is 0 Å². The molecule has 2 heteroatoms. The van der Waals surface area contributed by atoms with Gasteiger partial charge >= 0.3 is 139 Å². The molecular weight excluding hydrogens is 363 g/mol. The van der Waals surface area contributed by atoms with E-state index in [0.29, 0.717) is 10.5 Å². The molecule has 21 heavy (non-hydrogen) atoms. The first kappa shape index (κ1) is 21.5. The Morgan fingerprint density at radius 3 is 1.62 bits per heavy atom. The van der Waals surface area contributed by atoms with Crippen LogP contribution in [0.2, 0.25) is 17.2 Å². The van der Waals surface area contributed by atoms with Crippen LogP contribution in [0.3, 0.4) is 0 Å². The van der Waals surface area contributed by atoms with Crippen molar-refractivity contribution in [3.63, 3.8) is 0 Å². The van der Waals surface area contributed by atoms with Crippen LogP contribution in [0, 0.1) is 0 Å². The van der Waals surface area contributed by atoms with E-state index in [1.54, 1.807) is 0 Å². The Hall–Kier alpha value is 0.499. The van der Waals surface area contributed by atoms with Gasteiger partial charge in [0, 0.05) is 0 Å². The van der Waals surface area contributed by atoms with Gasteiger partial charge in [-0.15, -0.1) is 0 Å². The average Bonchev–Trinajstić information content (AvgIpc) is 2.52. The normalized spacial score (nSPS) is 14.0. The summed E-state index contributed by atoms with van der Waals surface area (Å²) in [4.78, 5) is 0. The SMILES string of the molecule is CCC/C=C\[CH](CO)[Sn]([CH2]CCC)([CH2]CCC)[CH2]CCC. The zero-order valence-corrected chi connectivity index (χ0v) is 18.0. The average molecular weight is 403 g/mol. The topological polar surface area (TPSA) is 20.2 Å². The zero-order valence-electron chi connectivity index (χ0n) is 15.2. The molecule has 0 aliphatic rings. The van der Waals surface area contributed by atoms with Crippen molar-refractivity contribution < 1.29 is 5.11 Å². The van der Waals surface area contributed by atoms with Gasteiger partial charge in [-0.3, -0.25) is 0 Å². The summed E-state index contributed by atoms with van der Waals surface area (Å²) in [5, 5.41) is 10.1. The Balaban J connectivity index is 5.11. The summed E-state index contributed by atoms with van der Waals surface area (Å²) in [6, 6.07) is 0. The maximum absolute atomic E-state index is 10.1. The van der Waals surface area contributed by atoms with Gasteiger partial charge in [0.1, 0.15) is 0 Å². The number of hydrogen-bond donors (Lipinski definition) is 1. The second-order valence-corrected chi connectivity index (χ2v) is 20.9. The van der Waals surface area contributed by atoms with E-state index in [2.05, 4.69) is 39.8 Å². The third-order valence-electron chi connectivity index (χ3n) is 4.89. The predicted molar refractivity (Wildman–Crippen MR) is 99.8 cm³/mol. The van der Waals surface area contributed by atoms with E-state index in [0.717, 1.165) is 0 Å². The van der Waals surface area contributed by atoms with Crippen LogP contribution >= 0.6 is 0 Å². The molecule has 0 aromatic carbocycles. The van der Waals surface area contributed by atoms with E-state index in [-0.39, 0.29) is 0 Å². The second kappa shape index (κ2) is 14.1. The van der Waals surface area contributed by atoms with Gasteiger partial charge in [-0.25, -0.2) is 0 Å². The van der Waals surface area contributed by atoms with E-state index < -0.39 is 18.4 Å². The van der Waals surface area contributed by atoms with E-state index in [4.69, 9.17) is 0 Å². The van der Waals surface area contributed by atoms with Gasteiger partial charge in [0.2, 0.25) is 0 Å². The molecule has 1 atom stereocenters. The van der Waals surface area contributed by atoms with Crippen molar-refractivity contribution in [2.24, 2.45) is 0 Å². The number of hydrogen-bond acceptors (Lipinski definition) is 1. The standard InChI is InChI=1S/C7H13O.3C4H9.Sn/c1-2-3-4-5-6-7-8;3*1-3-4-2;/h4-6,8H,2-3,7H2,1H3;3*1,3-4H2,2H3;/b5-4-;;;;. The first-order valence-electron chi connectivity index (χ1n) is 9.48. The molecule has 1 unspecified atom stereocenters. The van der Waals surface area contributed by atoms with Gasteiger partial charge in [-0.05, 0) is 0 Å². The summed E-state index contributed by atoms with van der Waals surface area (Å²) in [5.41, 5.74) is 0. The molecule has 0 saturated heterocycles. The Morgan fingerprint density at radius 2 is 1.29 bits per heavy atom. The second-order valence-electron chi connectivity index (χ2n) is 6.68. The summed E-state index contributed by atoms with van der Waals surface area (Å²) in [6.07, 6.45) is 15.3.